The summed E-state index contributed by atoms with van der Waals surface area (Å²) in [5.41, 5.74) is 5.41. The lowest BCUT2D eigenvalue weighted by molar-refractivity contribution is -0.344. The van der Waals surface area contributed by atoms with Crippen molar-refractivity contribution in [3.8, 4) is 0 Å². The molecule has 2 unspecified atom stereocenters. The third-order valence-corrected chi connectivity index (χ3v) is 5.12. The fourth-order valence-electron chi connectivity index (χ4n) is 3.36. The van der Waals surface area contributed by atoms with Crippen molar-refractivity contribution in [3.63, 3.8) is 0 Å². The maximum absolute atomic E-state index is 11.7. The molecule has 2 aliphatic heterocycles. The molecule has 32 heavy (non-hydrogen) atoms. The monoisotopic (exact) mass is 470 g/mol. The lowest BCUT2D eigenvalue weighted by Crippen LogP contribution is -2.68. The van der Waals surface area contributed by atoms with Crippen LogP contribution in [-0.4, -0.2) is 135 Å². The van der Waals surface area contributed by atoms with Crippen molar-refractivity contribution in [2.75, 3.05) is 19.8 Å². The highest BCUT2D eigenvalue weighted by molar-refractivity contribution is 5.73. The van der Waals surface area contributed by atoms with Gasteiger partial charge in [0, 0.05) is 6.92 Å². The average Bonchev–Trinajstić information content (AvgIpc) is 2.74. The van der Waals surface area contributed by atoms with Gasteiger partial charge in [-0.25, -0.2) is 0 Å². The van der Waals surface area contributed by atoms with Crippen LogP contribution >= 0.6 is 0 Å². The predicted molar refractivity (Wildman–Crippen MR) is 99.6 cm³/mol. The fraction of sp³-hybridized carbons (Fsp3) is 0.882. The lowest BCUT2D eigenvalue weighted by atomic mass is 9.95. The van der Waals surface area contributed by atoms with Gasteiger partial charge < -0.3 is 65.7 Å². The van der Waals surface area contributed by atoms with Gasteiger partial charge in [-0.15, -0.1) is 0 Å². The number of carbonyl (C=O) groups is 2. The number of nitrogens with one attached hydrogen (secondary N) is 1. The molecule has 1 amide bonds. The third kappa shape index (κ3) is 6.09. The Hall–Kier alpha value is -1.50. The summed E-state index contributed by atoms with van der Waals surface area (Å²) in [6.45, 7) is -0.881. The number of aliphatic hydroxyl groups excluding tert-OH is 6. The number of hydrogen-bond acceptors (Lipinski definition) is 13. The highest BCUT2D eigenvalue weighted by atomic mass is 16.7. The Morgan fingerprint density at radius 1 is 0.969 bits per heavy atom. The van der Waals surface area contributed by atoms with Crippen molar-refractivity contribution in [1.82, 2.24) is 5.32 Å². The van der Waals surface area contributed by atoms with Crippen LogP contribution in [0.1, 0.15) is 6.92 Å². The zero-order valence-electron chi connectivity index (χ0n) is 17.1. The first-order valence-corrected chi connectivity index (χ1v) is 9.79. The molecule has 2 rings (SSSR count). The van der Waals surface area contributed by atoms with Gasteiger partial charge in [0.05, 0.1) is 19.8 Å². The maximum atomic E-state index is 11.7. The van der Waals surface area contributed by atoms with Crippen LogP contribution in [0, 0.1) is 0 Å². The second-order valence-corrected chi connectivity index (χ2v) is 7.52. The second-order valence-electron chi connectivity index (χ2n) is 7.52. The Balaban J connectivity index is 2.28. The van der Waals surface area contributed by atoms with E-state index >= 15 is 0 Å². The summed E-state index contributed by atoms with van der Waals surface area (Å²) >= 11 is 0. The Kier molecular flexibility index (Phi) is 9.68. The van der Waals surface area contributed by atoms with Crippen molar-refractivity contribution in [3.05, 3.63) is 0 Å². The Bertz CT molecular complexity index is 638. The summed E-state index contributed by atoms with van der Waals surface area (Å²) in [5, 5.41) is 70.9. The van der Waals surface area contributed by atoms with Gasteiger partial charge in [0.1, 0.15) is 54.8 Å². The topological polar surface area (TPSA) is 251 Å². The van der Waals surface area contributed by atoms with Crippen LogP contribution in [0.4, 0.5) is 0 Å². The molecule has 0 aromatic heterocycles. The van der Waals surface area contributed by atoms with Gasteiger partial charge in [-0.3, -0.25) is 9.59 Å². The summed E-state index contributed by atoms with van der Waals surface area (Å²) < 4.78 is 21.6. The SMILES string of the molecule is CC(=O)N[C@@H]1[C@@H](OC[C@H](N)C(=O)O)OC(CO)[C@H](O)[C@@H]1O[C@@H]1OC(CO)[C@H](O)[C@H](O)[C@@H]1O. The minimum atomic E-state index is -1.81. The summed E-state index contributed by atoms with van der Waals surface area (Å²) in [5.74, 6) is -1.99. The van der Waals surface area contributed by atoms with Gasteiger partial charge in [-0.1, -0.05) is 0 Å². The molecule has 2 fully saturated rings. The first-order valence-electron chi connectivity index (χ1n) is 9.79. The Morgan fingerprint density at radius 2 is 1.53 bits per heavy atom. The molecule has 0 radical (unpaired) electrons. The smallest absolute Gasteiger partial charge is 0.322 e. The van der Waals surface area contributed by atoms with Crippen LogP contribution in [-0.2, 0) is 28.5 Å². The molecule has 0 bridgehead atoms. The molecule has 0 aromatic carbocycles. The first-order chi connectivity index (χ1) is 15.0. The molecule has 0 saturated carbocycles. The van der Waals surface area contributed by atoms with Crippen molar-refractivity contribution < 1.29 is 64.3 Å². The first kappa shape index (κ1) is 26.7. The third-order valence-electron chi connectivity index (χ3n) is 5.12. The van der Waals surface area contributed by atoms with Gasteiger partial charge in [0.15, 0.2) is 12.6 Å². The molecule has 15 nitrogen and oxygen atoms in total. The zero-order chi connectivity index (χ0) is 24.2. The van der Waals surface area contributed by atoms with E-state index in [1.807, 2.05) is 0 Å². The van der Waals surface area contributed by atoms with Gasteiger partial charge in [-0.2, -0.15) is 0 Å². The number of aliphatic hydroxyl groups is 6. The summed E-state index contributed by atoms with van der Waals surface area (Å²) in [6, 6.07) is -2.75. The van der Waals surface area contributed by atoms with Crippen LogP contribution in [0.3, 0.4) is 0 Å². The van der Waals surface area contributed by atoms with Crippen molar-refractivity contribution >= 4 is 11.9 Å². The highest BCUT2D eigenvalue weighted by Gasteiger charge is 2.51. The van der Waals surface area contributed by atoms with E-state index in [4.69, 9.17) is 29.8 Å². The van der Waals surface area contributed by atoms with E-state index in [9.17, 15) is 40.2 Å². The normalized spacial score (nSPS) is 41.1. The molecule has 2 heterocycles. The number of carboxylic acid groups (broad SMARTS) is 1. The van der Waals surface area contributed by atoms with Crippen LogP contribution in [0.25, 0.3) is 0 Å². The van der Waals surface area contributed by atoms with E-state index in [0.29, 0.717) is 0 Å². The molecule has 2 aliphatic rings. The van der Waals surface area contributed by atoms with Crippen molar-refractivity contribution in [2.45, 2.75) is 74.3 Å². The zero-order valence-corrected chi connectivity index (χ0v) is 17.1. The van der Waals surface area contributed by atoms with E-state index in [2.05, 4.69) is 5.32 Å². The van der Waals surface area contributed by atoms with E-state index in [-0.39, 0.29) is 0 Å². The number of rotatable bonds is 9. The number of amides is 1. The van der Waals surface area contributed by atoms with E-state index in [1.54, 1.807) is 0 Å². The molecular formula is C17H30N2O13. The molecular weight excluding hydrogens is 440 g/mol. The molecule has 0 aliphatic carbocycles. The molecule has 0 aromatic rings. The largest absolute Gasteiger partial charge is 0.480 e. The van der Waals surface area contributed by atoms with Gasteiger partial charge in [0.25, 0.3) is 0 Å². The second kappa shape index (κ2) is 11.6. The number of hydrogen-bond donors (Lipinski definition) is 9. The molecule has 10 N–H and O–H groups in total. The van der Waals surface area contributed by atoms with Gasteiger partial charge >= 0.3 is 5.97 Å². The van der Waals surface area contributed by atoms with E-state index in [0.717, 1.165) is 6.92 Å². The fourth-order valence-corrected chi connectivity index (χ4v) is 3.36. The van der Waals surface area contributed by atoms with Crippen LogP contribution in [0.2, 0.25) is 0 Å². The lowest BCUT2D eigenvalue weighted by Gasteiger charge is -2.47. The van der Waals surface area contributed by atoms with E-state index in [1.165, 1.54) is 0 Å². The summed E-state index contributed by atoms with van der Waals surface area (Å²) in [4.78, 5) is 22.7. The van der Waals surface area contributed by atoms with Crippen molar-refractivity contribution in [2.24, 2.45) is 5.73 Å². The average molecular weight is 470 g/mol. The standard InChI is InChI=1S/C17H30N2O13/c1-5(22)19-9-14(32-17-13(26)12(25)10(23)7(2-20)31-17)11(24)8(3-21)30-16(9)29-4-6(18)15(27)28/h6-14,16-17,20-21,23-26H,2-4,18H2,1H3,(H,19,22)(H,27,28)/t6-,7?,8?,9-,10-,11-,12-,13-,14+,16-,17-/m0/s1. The molecule has 15 heteroatoms. The Labute approximate surface area is 182 Å². The Morgan fingerprint density at radius 3 is 2.06 bits per heavy atom. The molecule has 2 saturated heterocycles. The van der Waals surface area contributed by atoms with Crippen LogP contribution in [0.5, 0.6) is 0 Å². The van der Waals surface area contributed by atoms with Crippen LogP contribution in [0.15, 0.2) is 0 Å². The predicted octanol–water partition coefficient (Wildman–Crippen LogP) is -5.82. The molecule has 186 valence electrons. The highest BCUT2D eigenvalue weighted by Crippen LogP contribution is 2.29. The minimum Gasteiger partial charge on any atom is -0.480 e. The number of nitrogens with two attached hydrogens (primary N) is 1. The maximum Gasteiger partial charge on any atom is 0.322 e. The van der Waals surface area contributed by atoms with E-state index < -0.39 is 99.1 Å². The minimum absolute atomic E-state index is 0.558. The van der Waals surface area contributed by atoms with Gasteiger partial charge in [0.2, 0.25) is 5.91 Å². The van der Waals surface area contributed by atoms with Crippen molar-refractivity contribution in [1.29, 1.82) is 0 Å². The summed E-state index contributed by atoms with van der Waals surface area (Å²) in [7, 11) is 0. The summed E-state index contributed by atoms with van der Waals surface area (Å²) in [6.07, 6.45) is -14.1. The number of carbonyl (C=O) groups excluding carboxylic acids is 1. The molecule has 0 spiro atoms. The van der Waals surface area contributed by atoms with Crippen LogP contribution < -0.4 is 11.1 Å². The quantitative estimate of drug-likeness (QED) is 0.152. The number of carboxylic acids is 1. The number of aliphatic carboxylic acids is 1. The molecule has 11 atom stereocenters. The van der Waals surface area contributed by atoms with Gasteiger partial charge in [-0.05, 0) is 0 Å². The number of ether oxygens (including phenoxy) is 4.